The van der Waals surface area contributed by atoms with Gasteiger partial charge in [0.25, 0.3) is 0 Å². The molecule has 2 amide bonds. The van der Waals surface area contributed by atoms with Crippen molar-refractivity contribution in [3.63, 3.8) is 0 Å². The number of hydrogen-bond acceptors (Lipinski definition) is 5. The Morgan fingerprint density at radius 1 is 1.42 bits per heavy atom. The van der Waals surface area contributed by atoms with Gasteiger partial charge >= 0.3 is 0 Å². The van der Waals surface area contributed by atoms with E-state index in [1.807, 2.05) is 0 Å². The molecule has 2 heterocycles. The molecule has 1 saturated heterocycles. The highest BCUT2D eigenvalue weighted by atomic mass is 16.5. The number of hydrogen-bond donors (Lipinski definition) is 1. The van der Waals surface area contributed by atoms with Crippen molar-refractivity contribution in [1.29, 1.82) is 0 Å². The molecule has 104 valence electrons. The average molecular weight is 267 g/mol. The second-order valence-corrected chi connectivity index (χ2v) is 4.20. The largest absolute Gasteiger partial charge is 0.378 e. The number of morpholine rings is 1. The van der Waals surface area contributed by atoms with Crippen molar-refractivity contribution in [2.24, 2.45) is 0 Å². The lowest BCUT2D eigenvalue weighted by Crippen LogP contribution is -2.42. The molecule has 0 spiro atoms. The molecule has 1 aromatic rings. The fourth-order valence-electron chi connectivity index (χ4n) is 1.72. The van der Waals surface area contributed by atoms with Crippen LogP contribution in [0.5, 0.6) is 0 Å². The molecular formula is C11H17N5O3. The summed E-state index contributed by atoms with van der Waals surface area (Å²) in [7, 11) is 0. The maximum absolute atomic E-state index is 11.9. The molecule has 8 heteroatoms. The van der Waals surface area contributed by atoms with Gasteiger partial charge in [-0.05, 0) is 0 Å². The van der Waals surface area contributed by atoms with E-state index in [2.05, 4.69) is 15.6 Å². The molecule has 0 bridgehead atoms. The van der Waals surface area contributed by atoms with E-state index in [4.69, 9.17) is 4.74 Å². The standard InChI is InChI=1S/C11H17N5O3/c1-2-10(17)12-9-7-16(14-13-9)8-11(18)15-3-5-19-6-4-15/h7H,2-6,8H2,1H3,(H,12,17). The fraction of sp³-hybridized carbons (Fsp3) is 0.636. The number of carbonyl (C=O) groups is 2. The van der Waals surface area contributed by atoms with Gasteiger partial charge in [0.1, 0.15) is 6.54 Å². The molecule has 2 rings (SSSR count). The smallest absolute Gasteiger partial charge is 0.244 e. The third-order valence-corrected chi connectivity index (χ3v) is 2.79. The zero-order valence-electron chi connectivity index (χ0n) is 10.8. The highest BCUT2D eigenvalue weighted by molar-refractivity contribution is 5.89. The van der Waals surface area contributed by atoms with Gasteiger partial charge in [0.05, 0.1) is 19.4 Å². The minimum Gasteiger partial charge on any atom is -0.378 e. The summed E-state index contributed by atoms with van der Waals surface area (Å²) in [6.07, 6.45) is 1.92. The van der Waals surface area contributed by atoms with Crippen LogP contribution in [-0.4, -0.2) is 58.0 Å². The monoisotopic (exact) mass is 267 g/mol. The quantitative estimate of drug-likeness (QED) is 0.793. The minimum atomic E-state index is -0.133. The van der Waals surface area contributed by atoms with Crippen molar-refractivity contribution in [1.82, 2.24) is 19.9 Å². The van der Waals surface area contributed by atoms with Gasteiger partial charge in [0.15, 0.2) is 5.82 Å². The van der Waals surface area contributed by atoms with Crippen molar-refractivity contribution < 1.29 is 14.3 Å². The van der Waals surface area contributed by atoms with Crippen LogP contribution in [0.4, 0.5) is 5.82 Å². The van der Waals surface area contributed by atoms with Crippen molar-refractivity contribution in [3.05, 3.63) is 6.20 Å². The van der Waals surface area contributed by atoms with E-state index in [1.54, 1.807) is 18.0 Å². The summed E-state index contributed by atoms with van der Waals surface area (Å²) in [5.74, 6) is 0.203. The SMILES string of the molecule is CCC(=O)Nc1cn(CC(=O)N2CCOCC2)nn1. The van der Waals surface area contributed by atoms with Crippen molar-refractivity contribution in [2.75, 3.05) is 31.6 Å². The Labute approximate surface area is 110 Å². The zero-order chi connectivity index (χ0) is 13.7. The summed E-state index contributed by atoms with van der Waals surface area (Å²) in [4.78, 5) is 24.9. The summed E-state index contributed by atoms with van der Waals surface area (Å²) in [6.45, 7) is 4.22. The van der Waals surface area contributed by atoms with E-state index in [-0.39, 0.29) is 18.4 Å². The molecule has 8 nitrogen and oxygen atoms in total. The average Bonchev–Trinajstić information content (AvgIpc) is 2.86. The molecule has 0 aliphatic carbocycles. The van der Waals surface area contributed by atoms with E-state index in [1.165, 1.54) is 4.68 Å². The Morgan fingerprint density at radius 2 is 2.16 bits per heavy atom. The summed E-state index contributed by atoms with van der Waals surface area (Å²) in [5, 5.41) is 10.2. The van der Waals surface area contributed by atoms with E-state index in [0.717, 1.165) is 0 Å². The van der Waals surface area contributed by atoms with Crippen molar-refractivity contribution in [2.45, 2.75) is 19.9 Å². The molecule has 1 aliphatic rings. The van der Waals surface area contributed by atoms with Gasteiger partial charge < -0.3 is 15.0 Å². The van der Waals surface area contributed by atoms with E-state index < -0.39 is 0 Å². The lowest BCUT2D eigenvalue weighted by Gasteiger charge is -2.26. The van der Waals surface area contributed by atoms with Crippen LogP contribution in [0, 0.1) is 0 Å². The third-order valence-electron chi connectivity index (χ3n) is 2.79. The first-order chi connectivity index (χ1) is 9.19. The van der Waals surface area contributed by atoms with Gasteiger partial charge in [0, 0.05) is 19.5 Å². The Bertz CT molecular complexity index is 453. The Morgan fingerprint density at radius 3 is 2.84 bits per heavy atom. The number of rotatable bonds is 4. The van der Waals surface area contributed by atoms with Crippen LogP contribution in [-0.2, 0) is 20.9 Å². The molecule has 1 fully saturated rings. The fourth-order valence-corrected chi connectivity index (χ4v) is 1.72. The van der Waals surface area contributed by atoms with Crippen LogP contribution in [0.1, 0.15) is 13.3 Å². The van der Waals surface area contributed by atoms with Gasteiger partial charge in [-0.25, -0.2) is 4.68 Å². The molecule has 0 unspecified atom stereocenters. The summed E-state index contributed by atoms with van der Waals surface area (Å²) in [5.41, 5.74) is 0. The third kappa shape index (κ3) is 3.75. The second kappa shape index (κ2) is 6.28. The Balaban J connectivity index is 1.88. The lowest BCUT2D eigenvalue weighted by atomic mass is 10.4. The van der Waals surface area contributed by atoms with Gasteiger partial charge in [-0.15, -0.1) is 5.10 Å². The normalized spacial score (nSPS) is 15.3. The van der Waals surface area contributed by atoms with Crippen LogP contribution < -0.4 is 5.32 Å². The van der Waals surface area contributed by atoms with Gasteiger partial charge in [0.2, 0.25) is 11.8 Å². The highest BCUT2D eigenvalue weighted by Crippen LogP contribution is 2.03. The number of ether oxygens (including phenoxy) is 1. The summed E-state index contributed by atoms with van der Waals surface area (Å²) >= 11 is 0. The van der Waals surface area contributed by atoms with Crippen LogP contribution in [0.3, 0.4) is 0 Å². The minimum absolute atomic E-state index is 0.0263. The van der Waals surface area contributed by atoms with Gasteiger partial charge in [-0.2, -0.15) is 0 Å². The first-order valence-electron chi connectivity index (χ1n) is 6.24. The first kappa shape index (κ1) is 13.5. The molecule has 1 N–H and O–H groups in total. The number of nitrogens with one attached hydrogen (secondary N) is 1. The zero-order valence-corrected chi connectivity index (χ0v) is 10.8. The molecular weight excluding hydrogens is 250 g/mol. The predicted molar refractivity (Wildman–Crippen MR) is 66.3 cm³/mol. The molecule has 0 radical (unpaired) electrons. The van der Waals surface area contributed by atoms with E-state index in [0.29, 0.717) is 38.5 Å². The van der Waals surface area contributed by atoms with Crippen molar-refractivity contribution >= 4 is 17.6 Å². The van der Waals surface area contributed by atoms with Crippen LogP contribution in [0.15, 0.2) is 6.20 Å². The first-order valence-corrected chi connectivity index (χ1v) is 6.24. The number of amides is 2. The van der Waals surface area contributed by atoms with Crippen LogP contribution in [0.25, 0.3) is 0 Å². The molecule has 0 saturated carbocycles. The molecule has 1 aliphatic heterocycles. The number of carbonyl (C=O) groups excluding carboxylic acids is 2. The maximum atomic E-state index is 11.9. The van der Waals surface area contributed by atoms with E-state index >= 15 is 0 Å². The van der Waals surface area contributed by atoms with Gasteiger partial charge in [-0.1, -0.05) is 12.1 Å². The highest BCUT2D eigenvalue weighted by Gasteiger charge is 2.17. The Kier molecular flexibility index (Phi) is 4.45. The number of anilines is 1. The maximum Gasteiger partial charge on any atom is 0.244 e. The van der Waals surface area contributed by atoms with Gasteiger partial charge in [-0.3, -0.25) is 9.59 Å². The predicted octanol–water partition coefficient (Wildman–Crippen LogP) is -0.515. The van der Waals surface area contributed by atoms with Crippen LogP contribution in [0.2, 0.25) is 0 Å². The number of nitrogens with zero attached hydrogens (tertiary/aromatic N) is 4. The number of aromatic nitrogens is 3. The summed E-state index contributed by atoms with van der Waals surface area (Å²) < 4.78 is 6.60. The summed E-state index contributed by atoms with van der Waals surface area (Å²) in [6, 6.07) is 0. The molecule has 0 aromatic carbocycles. The Hall–Kier alpha value is -1.96. The topological polar surface area (TPSA) is 89.4 Å². The van der Waals surface area contributed by atoms with Crippen molar-refractivity contribution in [3.8, 4) is 0 Å². The lowest BCUT2D eigenvalue weighted by molar-refractivity contribution is -0.136. The van der Waals surface area contributed by atoms with E-state index in [9.17, 15) is 9.59 Å². The second-order valence-electron chi connectivity index (χ2n) is 4.20. The molecule has 1 aromatic heterocycles. The molecule has 19 heavy (non-hydrogen) atoms. The molecule has 0 atom stereocenters. The van der Waals surface area contributed by atoms with Crippen LogP contribution >= 0.6 is 0 Å².